The molecule has 0 aliphatic carbocycles. The van der Waals surface area contributed by atoms with Crippen molar-refractivity contribution in [1.82, 2.24) is 14.8 Å². The highest BCUT2D eigenvalue weighted by molar-refractivity contribution is 8.38. The van der Waals surface area contributed by atoms with Crippen LogP contribution in [0.25, 0.3) is 10.9 Å². The standard InChI is InChI=1S/C19H22FN3S/c1-22-9-10-24(2)14-23(13-18(24)12-22)8-7-17-6-4-15-3-5-16(20)11-19(15)21-17/h3-6,9-11,13H,7-8,12,14H2,1-2H3. The van der Waals surface area contributed by atoms with Crippen molar-refractivity contribution in [1.29, 1.82) is 0 Å². The zero-order chi connectivity index (χ0) is 16.7. The highest BCUT2D eigenvalue weighted by Crippen LogP contribution is 2.59. The molecule has 4 rings (SSSR count). The summed E-state index contributed by atoms with van der Waals surface area (Å²) in [6.07, 6.45) is 7.83. The number of aromatic nitrogens is 1. The van der Waals surface area contributed by atoms with Crippen LogP contribution in [-0.4, -0.2) is 47.1 Å². The highest BCUT2D eigenvalue weighted by atomic mass is 32.3. The van der Waals surface area contributed by atoms with E-state index in [1.54, 1.807) is 11.0 Å². The van der Waals surface area contributed by atoms with Crippen LogP contribution in [0.1, 0.15) is 5.69 Å². The van der Waals surface area contributed by atoms with Gasteiger partial charge in [-0.05, 0) is 29.9 Å². The van der Waals surface area contributed by atoms with Crippen LogP contribution in [0.15, 0.2) is 53.0 Å². The zero-order valence-electron chi connectivity index (χ0n) is 14.1. The molecule has 0 fully saturated rings. The van der Waals surface area contributed by atoms with E-state index in [9.17, 15) is 4.39 Å². The fourth-order valence-electron chi connectivity index (χ4n) is 3.30. The largest absolute Gasteiger partial charge is 0.375 e. The normalized spacial score (nSPS) is 25.5. The molecule has 1 aromatic carbocycles. The first kappa shape index (κ1) is 15.5. The second-order valence-corrected chi connectivity index (χ2v) is 10.2. The lowest BCUT2D eigenvalue weighted by Crippen LogP contribution is -2.22. The predicted octanol–water partition coefficient (Wildman–Crippen LogP) is 3.88. The summed E-state index contributed by atoms with van der Waals surface area (Å²) in [5.74, 6) is 0.877. The first-order chi connectivity index (χ1) is 11.5. The average Bonchev–Trinajstić information content (AvgIpc) is 2.88. The molecule has 0 radical (unpaired) electrons. The molecule has 3 nitrogen and oxygen atoms in total. The zero-order valence-corrected chi connectivity index (χ0v) is 14.9. The molecule has 1 unspecified atom stereocenters. The summed E-state index contributed by atoms with van der Waals surface area (Å²) in [6.45, 7) is 1.99. The lowest BCUT2D eigenvalue weighted by Gasteiger charge is -2.37. The SMILES string of the molecule is CN1C=CS2(C)CN(CCc3ccc4ccc(F)cc4n3)C=C2C1. The van der Waals surface area contributed by atoms with Crippen LogP contribution in [0.5, 0.6) is 0 Å². The van der Waals surface area contributed by atoms with Gasteiger partial charge in [0.25, 0.3) is 0 Å². The molecule has 1 aromatic heterocycles. The van der Waals surface area contributed by atoms with Gasteiger partial charge in [0.15, 0.2) is 0 Å². The molecule has 1 atom stereocenters. The molecule has 2 aromatic rings. The van der Waals surface area contributed by atoms with Gasteiger partial charge in [-0.25, -0.2) is 4.39 Å². The molecule has 0 spiro atoms. The minimum absolute atomic E-state index is 0.229. The van der Waals surface area contributed by atoms with Gasteiger partial charge in [0.1, 0.15) is 5.82 Å². The average molecular weight is 343 g/mol. The Morgan fingerprint density at radius 3 is 2.96 bits per heavy atom. The third-order valence-corrected chi connectivity index (χ3v) is 7.77. The molecule has 3 heterocycles. The van der Waals surface area contributed by atoms with Gasteiger partial charge in [0.05, 0.1) is 11.4 Å². The van der Waals surface area contributed by atoms with Crippen molar-refractivity contribution in [2.45, 2.75) is 6.42 Å². The van der Waals surface area contributed by atoms with Crippen molar-refractivity contribution in [3.05, 3.63) is 64.6 Å². The minimum Gasteiger partial charge on any atom is -0.375 e. The van der Waals surface area contributed by atoms with Crippen molar-refractivity contribution >= 4 is 20.9 Å². The molecule has 0 bridgehead atoms. The van der Waals surface area contributed by atoms with Gasteiger partial charge in [-0.1, -0.05) is 6.07 Å². The van der Waals surface area contributed by atoms with Gasteiger partial charge < -0.3 is 9.80 Å². The number of hydrogen-bond acceptors (Lipinski definition) is 3. The summed E-state index contributed by atoms with van der Waals surface area (Å²) < 4.78 is 13.4. The van der Waals surface area contributed by atoms with E-state index in [-0.39, 0.29) is 5.82 Å². The summed E-state index contributed by atoms with van der Waals surface area (Å²) in [6, 6.07) is 8.86. The third-order valence-electron chi connectivity index (χ3n) is 4.75. The molecule has 0 saturated heterocycles. The smallest absolute Gasteiger partial charge is 0.125 e. The second-order valence-electron chi connectivity index (χ2n) is 6.78. The van der Waals surface area contributed by atoms with E-state index < -0.39 is 10.0 Å². The third kappa shape index (κ3) is 2.88. The number of pyridine rings is 1. The van der Waals surface area contributed by atoms with Gasteiger partial charge in [0.2, 0.25) is 0 Å². The molecule has 0 N–H and O–H groups in total. The number of likely N-dealkylation sites (N-methyl/N-ethyl adjacent to an activating group) is 1. The Hall–Kier alpha value is -2.01. The van der Waals surface area contributed by atoms with E-state index in [4.69, 9.17) is 0 Å². The first-order valence-corrected chi connectivity index (χ1v) is 10.4. The molecule has 2 aliphatic rings. The van der Waals surface area contributed by atoms with Gasteiger partial charge in [-0.3, -0.25) is 4.98 Å². The quantitative estimate of drug-likeness (QED) is 0.843. The molecule has 5 heteroatoms. The van der Waals surface area contributed by atoms with Crippen molar-refractivity contribution in [3.8, 4) is 0 Å². The number of hydrogen-bond donors (Lipinski definition) is 0. The van der Waals surface area contributed by atoms with Crippen LogP contribution < -0.4 is 0 Å². The van der Waals surface area contributed by atoms with E-state index >= 15 is 0 Å². The minimum atomic E-state index is -0.778. The monoisotopic (exact) mass is 343 g/mol. The molecule has 2 aliphatic heterocycles. The first-order valence-electron chi connectivity index (χ1n) is 8.16. The van der Waals surface area contributed by atoms with E-state index in [0.29, 0.717) is 0 Å². The number of fused-ring (bicyclic) bond motifs is 2. The molecular weight excluding hydrogens is 321 g/mol. The Morgan fingerprint density at radius 2 is 2.08 bits per heavy atom. The van der Waals surface area contributed by atoms with Crippen LogP contribution in [0.3, 0.4) is 0 Å². The van der Waals surface area contributed by atoms with Gasteiger partial charge >= 0.3 is 0 Å². The lowest BCUT2D eigenvalue weighted by atomic mass is 10.1. The van der Waals surface area contributed by atoms with Crippen molar-refractivity contribution in [3.63, 3.8) is 0 Å². The maximum Gasteiger partial charge on any atom is 0.125 e. The predicted molar refractivity (Wildman–Crippen MR) is 100 cm³/mol. The maximum atomic E-state index is 13.4. The second kappa shape index (κ2) is 5.81. The van der Waals surface area contributed by atoms with Crippen LogP contribution in [0.2, 0.25) is 0 Å². The van der Waals surface area contributed by atoms with Crippen molar-refractivity contribution < 1.29 is 4.39 Å². The van der Waals surface area contributed by atoms with Crippen molar-refractivity contribution in [2.24, 2.45) is 0 Å². The summed E-state index contributed by atoms with van der Waals surface area (Å²) in [5.41, 5.74) is 1.76. The van der Waals surface area contributed by atoms with Crippen LogP contribution in [0.4, 0.5) is 4.39 Å². The number of nitrogens with zero attached hydrogens (tertiary/aromatic N) is 3. The Morgan fingerprint density at radius 1 is 1.25 bits per heavy atom. The summed E-state index contributed by atoms with van der Waals surface area (Å²) in [5, 5.41) is 3.37. The van der Waals surface area contributed by atoms with Crippen LogP contribution in [-0.2, 0) is 6.42 Å². The number of halogens is 1. The number of rotatable bonds is 3. The Balaban J connectivity index is 1.47. The Labute approximate surface area is 143 Å². The molecular formula is C19H22FN3S. The fraction of sp³-hybridized carbons (Fsp3) is 0.316. The Bertz CT molecular complexity index is 848. The van der Waals surface area contributed by atoms with Gasteiger partial charge in [-0.15, -0.1) is 0 Å². The summed E-state index contributed by atoms with van der Waals surface area (Å²) in [7, 11) is 1.34. The van der Waals surface area contributed by atoms with Gasteiger partial charge in [-0.2, -0.15) is 10.0 Å². The van der Waals surface area contributed by atoms with E-state index in [1.807, 2.05) is 6.07 Å². The summed E-state index contributed by atoms with van der Waals surface area (Å²) in [4.78, 5) is 10.8. The molecule has 24 heavy (non-hydrogen) atoms. The molecule has 0 saturated carbocycles. The van der Waals surface area contributed by atoms with Crippen LogP contribution >= 0.6 is 10.0 Å². The molecule has 0 amide bonds. The maximum absolute atomic E-state index is 13.4. The van der Waals surface area contributed by atoms with E-state index in [0.717, 1.165) is 42.0 Å². The highest BCUT2D eigenvalue weighted by Gasteiger charge is 2.31. The van der Waals surface area contributed by atoms with E-state index in [1.165, 1.54) is 12.1 Å². The molecule has 126 valence electrons. The van der Waals surface area contributed by atoms with E-state index in [2.05, 4.69) is 52.0 Å². The fourth-order valence-corrected chi connectivity index (χ4v) is 5.99. The van der Waals surface area contributed by atoms with Crippen molar-refractivity contribution in [2.75, 3.05) is 32.3 Å². The summed E-state index contributed by atoms with van der Waals surface area (Å²) >= 11 is 0. The van der Waals surface area contributed by atoms with Gasteiger partial charge in [0, 0.05) is 61.0 Å². The lowest BCUT2D eigenvalue weighted by molar-refractivity contribution is 0.443. The topological polar surface area (TPSA) is 19.4 Å². The Kier molecular flexibility index (Phi) is 3.76. The number of benzene rings is 1. The van der Waals surface area contributed by atoms with Crippen LogP contribution in [0, 0.1) is 5.82 Å².